The zero-order chi connectivity index (χ0) is 26.1. The first-order valence-electron chi connectivity index (χ1n) is 10.8. The van der Waals surface area contributed by atoms with Gasteiger partial charge in [-0.05, 0) is 54.0 Å². The van der Waals surface area contributed by atoms with Crippen LogP contribution in [0, 0.1) is 11.3 Å². The number of benzene rings is 3. The highest BCUT2D eigenvalue weighted by molar-refractivity contribution is 6.09. The zero-order valence-corrected chi connectivity index (χ0v) is 19.4. The summed E-state index contributed by atoms with van der Waals surface area (Å²) in [5.41, 5.74) is 0.884. The predicted molar refractivity (Wildman–Crippen MR) is 131 cm³/mol. The van der Waals surface area contributed by atoms with Gasteiger partial charge in [0, 0.05) is 11.3 Å². The highest BCUT2D eigenvalue weighted by Crippen LogP contribution is 2.35. The number of allylic oxidation sites excluding steroid dienone is 1. The summed E-state index contributed by atoms with van der Waals surface area (Å²) in [7, 11) is 1.47. The molecule has 3 aromatic rings. The van der Waals surface area contributed by atoms with Crippen molar-refractivity contribution < 1.29 is 27.4 Å². The summed E-state index contributed by atoms with van der Waals surface area (Å²) in [6.07, 6.45) is -1.11. The fraction of sp³-hybridized carbons (Fsp3) is 0.143. The first-order valence-corrected chi connectivity index (χ1v) is 10.8. The molecular formula is C28H23F3N2O3. The third-order valence-corrected chi connectivity index (χ3v) is 5.09. The van der Waals surface area contributed by atoms with Crippen molar-refractivity contribution in [1.29, 1.82) is 5.26 Å². The summed E-state index contributed by atoms with van der Waals surface area (Å²) >= 11 is 0. The van der Waals surface area contributed by atoms with Gasteiger partial charge in [-0.2, -0.15) is 18.4 Å². The lowest BCUT2D eigenvalue weighted by Crippen LogP contribution is -2.14. The monoisotopic (exact) mass is 492 g/mol. The van der Waals surface area contributed by atoms with E-state index in [1.54, 1.807) is 24.3 Å². The summed E-state index contributed by atoms with van der Waals surface area (Å²) < 4.78 is 50.4. The van der Waals surface area contributed by atoms with Crippen LogP contribution in [0.3, 0.4) is 0 Å². The van der Waals surface area contributed by atoms with Gasteiger partial charge in [-0.3, -0.25) is 4.79 Å². The van der Waals surface area contributed by atoms with Crippen molar-refractivity contribution in [1.82, 2.24) is 0 Å². The van der Waals surface area contributed by atoms with Crippen molar-refractivity contribution in [3.8, 4) is 17.6 Å². The lowest BCUT2D eigenvalue weighted by Gasteiger charge is -2.16. The number of halogens is 3. The SMILES string of the molecule is C=CCc1cc(/C=C(\C#N)C(=O)Nc2cccc(C(F)(F)F)c2)cc(OC)c1OCc1ccccc1. The summed E-state index contributed by atoms with van der Waals surface area (Å²) in [5.74, 6) is 0.0582. The lowest BCUT2D eigenvalue weighted by molar-refractivity contribution is -0.137. The van der Waals surface area contributed by atoms with Gasteiger partial charge in [0.2, 0.25) is 0 Å². The van der Waals surface area contributed by atoms with E-state index >= 15 is 0 Å². The molecule has 0 aliphatic heterocycles. The molecule has 0 aliphatic rings. The fourth-order valence-electron chi connectivity index (χ4n) is 3.41. The number of nitrogens with one attached hydrogen (secondary N) is 1. The molecular weight excluding hydrogens is 469 g/mol. The van der Waals surface area contributed by atoms with Crippen molar-refractivity contribution in [2.45, 2.75) is 19.2 Å². The van der Waals surface area contributed by atoms with E-state index < -0.39 is 17.6 Å². The fourth-order valence-corrected chi connectivity index (χ4v) is 3.41. The number of methoxy groups -OCH3 is 1. The molecule has 0 saturated heterocycles. The molecule has 5 nitrogen and oxygen atoms in total. The number of nitriles is 1. The molecule has 0 bridgehead atoms. The number of nitrogens with zero attached hydrogens (tertiary/aromatic N) is 1. The van der Waals surface area contributed by atoms with Gasteiger partial charge in [-0.15, -0.1) is 6.58 Å². The van der Waals surface area contributed by atoms with Crippen LogP contribution in [0.25, 0.3) is 6.08 Å². The van der Waals surface area contributed by atoms with Crippen LogP contribution in [0.4, 0.5) is 18.9 Å². The van der Waals surface area contributed by atoms with Gasteiger partial charge < -0.3 is 14.8 Å². The van der Waals surface area contributed by atoms with E-state index in [0.717, 1.165) is 23.3 Å². The standard InChI is InChI=1S/C28H23F3N2O3/c1-3-8-21-13-20(15-25(35-2)26(21)36-18-19-9-5-4-6-10-19)14-22(17-32)27(34)33-24-12-7-11-23(16-24)28(29,30)31/h3-7,9-16H,1,8,18H2,2H3,(H,33,34)/b22-14+. The molecule has 36 heavy (non-hydrogen) atoms. The van der Waals surface area contributed by atoms with Gasteiger partial charge in [0.25, 0.3) is 5.91 Å². The number of anilines is 1. The molecule has 0 heterocycles. The molecule has 0 fully saturated rings. The number of alkyl halides is 3. The molecule has 1 N–H and O–H groups in total. The maximum absolute atomic E-state index is 13.0. The smallest absolute Gasteiger partial charge is 0.416 e. The topological polar surface area (TPSA) is 71.4 Å². The quantitative estimate of drug-likeness (QED) is 0.208. The van der Waals surface area contributed by atoms with Crippen molar-refractivity contribution in [3.05, 3.63) is 107 Å². The predicted octanol–water partition coefficient (Wildman–Crippen LogP) is 6.57. The van der Waals surface area contributed by atoms with E-state index in [1.807, 2.05) is 30.3 Å². The molecule has 0 radical (unpaired) electrons. The van der Waals surface area contributed by atoms with E-state index in [4.69, 9.17) is 9.47 Å². The maximum atomic E-state index is 13.0. The Morgan fingerprint density at radius 1 is 1.11 bits per heavy atom. The molecule has 1 amide bonds. The molecule has 8 heteroatoms. The van der Waals surface area contributed by atoms with Crippen molar-refractivity contribution in [2.75, 3.05) is 12.4 Å². The number of hydrogen-bond acceptors (Lipinski definition) is 4. The Hall–Kier alpha value is -4.51. The van der Waals surface area contributed by atoms with Gasteiger partial charge in [-0.25, -0.2) is 0 Å². The second kappa shape index (κ2) is 11.8. The number of carbonyl (C=O) groups is 1. The van der Waals surface area contributed by atoms with E-state index in [0.29, 0.717) is 30.1 Å². The van der Waals surface area contributed by atoms with Crippen LogP contribution in [-0.2, 0) is 24.0 Å². The normalized spacial score (nSPS) is 11.4. The summed E-state index contributed by atoms with van der Waals surface area (Å²) in [6.45, 7) is 4.07. The van der Waals surface area contributed by atoms with Crippen LogP contribution in [0.15, 0.2) is 85.0 Å². The second-order valence-electron chi connectivity index (χ2n) is 7.68. The molecule has 3 rings (SSSR count). The minimum atomic E-state index is -4.56. The Morgan fingerprint density at radius 2 is 1.86 bits per heavy atom. The Balaban J connectivity index is 1.89. The summed E-state index contributed by atoms with van der Waals surface area (Å²) in [6, 6.07) is 18.9. The Morgan fingerprint density at radius 3 is 2.50 bits per heavy atom. The van der Waals surface area contributed by atoms with E-state index in [1.165, 1.54) is 25.3 Å². The van der Waals surface area contributed by atoms with E-state index in [-0.39, 0.29) is 11.3 Å². The summed E-state index contributed by atoms with van der Waals surface area (Å²) in [5, 5.41) is 11.9. The van der Waals surface area contributed by atoms with Gasteiger partial charge in [-0.1, -0.05) is 42.5 Å². The highest BCUT2D eigenvalue weighted by atomic mass is 19.4. The van der Waals surface area contributed by atoms with Crippen molar-refractivity contribution in [3.63, 3.8) is 0 Å². The number of amides is 1. The molecule has 0 unspecified atom stereocenters. The average Bonchev–Trinajstić information content (AvgIpc) is 2.86. The third kappa shape index (κ3) is 6.76. The first-order chi connectivity index (χ1) is 17.2. The Bertz CT molecular complexity index is 1310. The first kappa shape index (κ1) is 26.1. The van der Waals surface area contributed by atoms with Crippen LogP contribution in [0.2, 0.25) is 0 Å². The third-order valence-electron chi connectivity index (χ3n) is 5.09. The average molecular weight is 492 g/mol. The van der Waals surface area contributed by atoms with Crippen LogP contribution in [-0.4, -0.2) is 13.0 Å². The largest absolute Gasteiger partial charge is 0.493 e. The maximum Gasteiger partial charge on any atom is 0.416 e. The molecule has 0 saturated carbocycles. The van der Waals surface area contributed by atoms with E-state index in [9.17, 15) is 23.2 Å². The molecule has 0 spiro atoms. The van der Waals surface area contributed by atoms with Gasteiger partial charge in [0.1, 0.15) is 18.2 Å². The Kier molecular flexibility index (Phi) is 8.52. The number of carbonyl (C=O) groups excluding carboxylic acids is 1. The van der Waals surface area contributed by atoms with Gasteiger partial charge in [0.05, 0.1) is 12.7 Å². The summed E-state index contributed by atoms with van der Waals surface area (Å²) in [4.78, 5) is 12.6. The van der Waals surface area contributed by atoms with Crippen LogP contribution >= 0.6 is 0 Å². The minimum Gasteiger partial charge on any atom is -0.493 e. The molecule has 0 atom stereocenters. The van der Waals surface area contributed by atoms with Crippen molar-refractivity contribution in [2.24, 2.45) is 0 Å². The van der Waals surface area contributed by atoms with Crippen LogP contribution in [0.1, 0.15) is 22.3 Å². The highest BCUT2D eigenvalue weighted by Gasteiger charge is 2.30. The number of hydrogen-bond donors (Lipinski definition) is 1. The van der Waals surface area contributed by atoms with Crippen LogP contribution in [0.5, 0.6) is 11.5 Å². The van der Waals surface area contributed by atoms with Gasteiger partial charge in [0.15, 0.2) is 11.5 Å². The lowest BCUT2D eigenvalue weighted by atomic mass is 10.0. The van der Waals surface area contributed by atoms with E-state index in [2.05, 4.69) is 11.9 Å². The molecule has 3 aromatic carbocycles. The molecule has 184 valence electrons. The zero-order valence-electron chi connectivity index (χ0n) is 19.4. The van der Waals surface area contributed by atoms with Crippen molar-refractivity contribution >= 4 is 17.7 Å². The van der Waals surface area contributed by atoms with Gasteiger partial charge >= 0.3 is 6.18 Å². The number of rotatable bonds is 9. The second-order valence-corrected chi connectivity index (χ2v) is 7.68. The minimum absolute atomic E-state index is 0.0782. The molecule has 0 aliphatic carbocycles. The molecule has 0 aromatic heterocycles. The van der Waals surface area contributed by atoms with Crippen LogP contribution < -0.4 is 14.8 Å². The Labute approximate surface area is 207 Å². The number of ether oxygens (including phenoxy) is 2.